The largest absolute Gasteiger partial charge is 0.481 e. The number of aliphatic hydroxyl groups is 1. The van der Waals surface area contributed by atoms with Gasteiger partial charge in [-0.1, -0.05) is 30.7 Å². The van der Waals surface area contributed by atoms with E-state index in [1.807, 2.05) is 0 Å². The van der Waals surface area contributed by atoms with Crippen LogP contribution in [0.25, 0.3) is 0 Å². The van der Waals surface area contributed by atoms with E-state index in [2.05, 4.69) is 0 Å². The quantitative estimate of drug-likeness (QED) is 0.854. The van der Waals surface area contributed by atoms with Gasteiger partial charge in [0.2, 0.25) is 0 Å². The van der Waals surface area contributed by atoms with Gasteiger partial charge in [-0.15, -0.1) is 0 Å². The highest BCUT2D eigenvalue weighted by Crippen LogP contribution is 2.63. The number of aliphatic carboxylic acids is 1. The first kappa shape index (κ1) is 15.3. The molecule has 1 aromatic carbocycles. The molecule has 1 aliphatic rings. The number of carboxylic acids is 1. The first-order valence-electron chi connectivity index (χ1n) is 6.12. The molecule has 110 valence electrons. The maximum Gasteiger partial charge on any atom is 0.314 e. The van der Waals surface area contributed by atoms with E-state index in [1.54, 1.807) is 24.3 Å². The summed E-state index contributed by atoms with van der Waals surface area (Å²) in [6, 6.07) is 6.36. The van der Waals surface area contributed by atoms with Gasteiger partial charge in [0.25, 0.3) is 0 Å². The molecule has 0 saturated heterocycles. The molecule has 0 spiro atoms. The Morgan fingerprint density at radius 3 is 2.30 bits per heavy atom. The smallest absolute Gasteiger partial charge is 0.314 e. The summed E-state index contributed by atoms with van der Waals surface area (Å²) in [5.74, 6) is -2.19. The number of benzene rings is 1. The van der Waals surface area contributed by atoms with E-state index in [0.717, 1.165) is 0 Å². The van der Waals surface area contributed by atoms with Crippen molar-refractivity contribution in [1.29, 1.82) is 0 Å². The van der Waals surface area contributed by atoms with Crippen LogP contribution in [0.15, 0.2) is 24.3 Å². The summed E-state index contributed by atoms with van der Waals surface area (Å²) in [6.07, 6.45) is 0. The summed E-state index contributed by atoms with van der Waals surface area (Å²) in [5.41, 5.74) is -1.09. The van der Waals surface area contributed by atoms with Gasteiger partial charge in [0, 0.05) is 16.7 Å². The van der Waals surface area contributed by atoms with Gasteiger partial charge >= 0.3 is 5.97 Å². The average molecular weight is 319 g/mol. The fourth-order valence-electron chi connectivity index (χ4n) is 2.77. The maximum atomic E-state index is 12.1. The summed E-state index contributed by atoms with van der Waals surface area (Å²) < 4.78 is 24.2. The first-order chi connectivity index (χ1) is 9.31. The lowest BCUT2D eigenvalue weighted by atomic mass is 10.0. The number of halogens is 1. The second-order valence-electron chi connectivity index (χ2n) is 4.90. The van der Waals surface area contributed by atoms with Gasteiger partial charge in [-0.25, -0.2) is 8.42 Å². The van der Waals surface area contributed by atoms with Crippen LogP contribution in [0.1, 0.15) is 18.4 Å². The topological polar surface area (TPSA) is 91.7 Å². The molecule has 1 fully saturated rings. The zero-order valence-electron chi connectivity index (χ0n) is 10.8. The molecule has 0 unspecified atom stereocenters. The van der Waals surface area contributed by atoms with Crippen molar-refractivity contribution in [3.8, 4) is 0 Å². The molecule has 0 bridgehead atoms. The van der Waals surface area contributed by atoms with E-state index < -0.39 is 39.0 Å². The van der Waals surface area contributed by atoms with Crippen molar-refractivity contribution >= 4 is 27.4 Å². The minimum Gasteiger partial charge on any atom is -0.481 e. The number of sulfone groups is 1. The minimum absolute atomic E-state index is 0.156. The van der Waals surface area contributed by atoms with Gasteiger partial charge in [-0.05, 0) is 17.7 Å². The number of aliphatic hydroxyl groups excluding tert-OH is 1. The van der Waals surface area contributed by atoms with Gasteiger partial charge in [0.05, 0.1) is 11.9 Å². The molecular weight excluding hydrogens is 304 g/mol. The second-order valence-corrected chi connectivity index (χ2v) is 7.75. The summed E-state index contributed by atoms with van der Waals surface area (Å²) in [6.45, 7) is 0.760. The van der Waals surface area contributed by atoms with Gasteiger partial charge < -0.3 is 10.2 Å². The van der Waals surface area contributed by atoms with Crippen LogP contribution in [0.5, 0.6) is 0 Å². The Labute approximate surface area is 122 Å². The molecular formula is C13H15ClO5S. The Morgan fingerprint density at radius 2 is 1.90 bits per heavy atom. The molecule has 0 radical (unpaired) electrons. The molecule has 1 aromatic rings. The molecule has 2 N–H and O–H groups in total. The highest BCUT2D eigenvalue weighted by molar-refractivity contribution is 7.92. The van der Waals surface area contributed by atoms with Crippen molar-refractivity contribution < 1.29 is 23.4 Å². The Balaban J connectivity index is 2.50. The molecule has 5 nitrogen and oxygen atoms in total. The molecule has 0 aliphatic heterocycles. The monoisotopic (exact) mass is 318 g/mol. The highest BCUT2D eigenvalue weighted by atomic mass is 35.5. The third-order valence-corrected chi connectivity index (χ3v) is 6.46. The molecule has 1 aliphatic carbocycles. The summed E-state index contributed by atoms with van der Waals surface area (Å²) in [4.78, 5) is 11.5. The molecule has 0 heterocycles. The fourth-order valence-corrected chi connectivity index (χ4v) is 4.95. The lowest BCUT2D eigenvalue weighted by Crippen LogP contribution is -2.28. The van der Waals surface area contributed by atoms with E-state index >= 15 is 0 Å². The number of hydrogen-bond acceptors (Lipinski definition) is 4. The van der Waals surface area contributed by atoms with Crippen LogP contribution in [-0.4, -0.2) is 42.2 Å². The standard InChI is InChI=1S/C13H15ClO5S/c1-2-20(18,19)11-10(13(11,7-15)12(16)17)8-3-5-9(14)6-4-8/h3-6,10-11,15H,2,7H2,1H3,(H,16,17)/t10-,11-,13+/m0/s1. The third-order valence-electron chi connectivity index (χ3n) is 3.93. The van der Waals surface area contributed by atoms with E-state index in [-0.39, 0.29) is 5.75 Å². The molecule has 1 saturated carbocycles. The SMILES string of the molecule is CCS(=O)(=O)[C@H]1[C@H](c2ccc(Cl)cc2)[C@@]1(CO)C(=O)O. The van der Waals surface area contributed by atoms with Crippen molar-refractivity contribution in [3.05, 3.63) is 34.9 Å². The van der Waals surface area contributed by atoms with Crippen LogP contribution in [0.3, 0.4) is 0 Å². The molecule has 20 heavy (non-hydrogen) atoms. The van der Waals surface area contributed by atoms with Gasteiger partial charge in [0.1, 0.15) is 5.41 Å². The van der Waals surface area contributed by atoms with E-state index in [4.69, 9.17) is 11.6 Å². The maximum absolute atomic E-state index is 12.1. The summed E-state index contributed by atoms with van der Waals surface area (Å²) in [7, 11) is -3.57. The minimum atomic E-state index is -3.57. The van der Waals surface area contributed by atoms with Crippen molar-refractivity contribution in [2.45, 2.75) is 18.1 Å². The third kappa shape index (κ3) is 2.12. The van der Waals surface area contributed by atoms with Crippen molar-refractivity contribution in [2.24, 2.45) is 5.41 Å². The summed E-state index contributed by atoms with van der Waals surface area (Å²) in [5, 5.41) is 18.2. The van der Waals surface area contributed by atoms with Crippen LogP contribution in [-0.2, 0) is 14.6 Å². The van der Waals surface area contributed by atoms with Gasteiger partial charge in [-0.3, -0.25) is 4.79 Å². The Kier molecular flexibility index (Phi) is 3.83. The molecule has 3 atom stereocenters. The van der Waals surface area contributed by atoms with E-state index in [0.29, 0.717) is 10.6 Å². The van der Waals surface area contributed by atoms with Crippen LogP contribution >= 0.6 is 11.6 Å². The Morgan fingerprint density at radius 1 is 1.35 bits per heavy atom. The predicted octanol–water partition coefficient (Wildman–Crippen LogP) is 1.30. The lowest BCUT2D eigenvalue weighted by Gasteiger charge is -2.08. The average Bonchev–Trinajstić information content (AvgIpc) is 3.11. The van der Waals surface area contributed by atoms with Gasteiger partial charge in [-0.2, -0.15) is 0 Å². The number of carbonyl (C=O) groups is 1. The lowest BCUT2D eigenvalue weighted by molar-refractivity contribution is -0.145. The second kappa shape index (κ2) is 5.02. The highest BCUT2D eigenvalue weighted by Gasteiger charge is 2.75. The summed E-state index contributed by atoms with van der Waals surface area (Å²) >= 11 is 5.77. The van der Waals surface area contributed by atoms with Crippen LogP contribution in [0.2, 0.25) is 5.02 Å². The molecule has 0 amide bonds. The van der Waals surface area contributed by atoms with Crippen molar-refractivity contribution in [3.63, 3.8) is 0 Å². The zero-order valence-corrected chi connectivity index (χ0v) is 12.4. The molecule has 7 heteroatoms. The van der Waals surface area contributed by atoms with Crippen LogP contribution in [0.4, 0.5) is 0 Å². The first-order valence-corrected chi connectivity index (χ1v) is 8.22. The van der Waals surface area contributed by atoms with Crippen molar-refractivity contribution in [2.75, 3.05) is 12.4 Å². The predicted molar refractivity (Wildman–Crippen MR) is 74.6 cm³/mol. The van der Waals surface area contributed by atoms with Crippen LogP contribution < -0.4 is 0 Å². The molecule has 2 rings (SSSR count). The Hall–Kier alpha value is -1.11. The number of rotatable bonds is 5. The van der Waals surface area contributed by atoms with E-state index in [9.17, 15) is 23.4 Å². The number of carboxylic acid groups (broad SMARTS) is 1. The normalized spacial score (nSPS) is 29.1. The van der Waals surface area contributed by atoms with Crippen LogP contribution in [0, 0.1) is 5.41 Å². The van der Waals surface area contributed by atoms with Crippen molar-refractivity contribution in [1.82, 2.24) is 0 Å². The molecule has 0 aromatic heterocycles. The fraction of sp³-hybridized carbons (Fsp3) is 0.462. The van der Waals surface area contributed by atoms with Gasteiger partial charge in [0.15, 0.2) is 9.84 Å². The zero-order chi connectivity index (χ0) is 15.1. The number of hydrogen-bond donors (Lipinski definition) is 2. The van der Waals surface area contributed by atoms with E-state index in [1.165, 1.54) is 6.92 Å². The Bertz CT molecular complexity index is 625.